The van der Waals surface area contributed by atoms with Crippen LogP contribution < -0.4 is 5.32 Å². The monoisotopic (exact) mass is 249 g/mol. The average molecular weight is 249 g/mol. The van der Waals surface area contributed by atoms with Crippen LogP contribution in [0.2, 0.25) is 0 Å². The van der Waals surface area contributed by atoms with E-state index in [9.17, 15) is 0 Å². The maximum absolute atomic E-state index is 9.09. The maximum atomic E-state index is 9.09. The Hall–Kier alpha value is -0.600. The van der Waals surface area contributed by atoms with Crippen LogP contribution in [-0.4, -0.2) is 24.3 Å². The topological polar surface area (TPSA) is 32.3 Å². The minimum Gasteiger partial charge on any atom is -0.392 e. The molecule has 0 aromatic carbocycles. The predicted molar refractivity (Wildman–Crippen MR) is 76.5 cm³/mol. The molecule has 2 N–H and O–H groups in total. The van der Waals surface area contributed by atoms with Crippen LogP contribution in [0.15, 0.2) is 23.8 Å². The molecule has 0 amide bonds. The van der Waals surface area contributed by atoms with Gasteiger partial charge in [0.25, 0.3) is 0 Å². The van der Waals surface area contributed by atoms with Gasteiger partial charge in [0.05, 0.1) is 6.61 Å². The van der Waals surface area contributed by atoms with E-state index in [1.165, 1.54) is 43.3 Å². The van der Waals surface area contributed by atoms with Gasteiger partial charge >= 0.3 is 0 Å². The smallest absolute Gasteiger partial charge is 0.0641 e. The van der Waals surface area contributed by atoms with Crippen LogP contribution in [0, 0.1) is 5.92 Å². The first kappa shape index (κ1) is 13.8. The lowest BCUT2D eigenvalue weighted by molar-refractivity contribution is 0.318. The zero-order valence-electron chi connectivity index (χ0n) is 11.5. The van der Waals surface area contributed by atoms with Crippen LogP contribution in [0.25, 0.3) is 0 Å². The Bertz CT molecular complexity index is 302. The molecule has 0 unspecified atom stereocenters. The largest absolute Gasteiger partial charge is 0.392 e. The molecule has 102 valence electrons. The third-order valence-electron chi connectivity index (χ3n) is 4.51. The van der Waals surface area contributed by atoms with Crippen LogP contribution in [-0.2, 0) is 0 Å². The molecular formula is C16H27NO. The van der Waals surface area contributed by atoms with Crippen molar-refractivity contribution in [3.8, 4) is 0 Å². The molecule has 0 aromatic rings. The molecule has 0 radical (unpaired) electrons. The first-order valence-corrected chi connectivity index (χ1v) is 7.49. The number of nitrogens with one attached hydrogen (secondary N) is 1. The summed E-state index contributed by atoms with van der Waals surface area (Å²) in [6.07, 6.45) is 12.4. The average Bonchev–Trinajstić information content (AvgIpc) is 2.46. The van der Waals surface area contributed by atoms with Gasteiger partial charge in [0.1, 0.15) is 0 Å². The van der Waals surface area contributed by atoms with E-state index in [1.54, 1.807) is 0 Å². The molecule has 2 aliphatic rings. The Morgan fingerprint density at radius 3 is 2.67 bits per heavy atom. The highest BCUT2D eigenvalue weighted by Gasteiger charge is 2.18. The van der Waals surface area contributed by atoms with Gasteiger partial charge in [-0.1, -0.05) is 37.5 Å². The van der Waals surface area contributed by atoms with E-state index in [1.807, 2.05) is 0 Å². The minimum absolute atomic E-state index is 0.236. The molecule has 0 spiro atoms. The molecule has 1 fully saturated rings. The molecule has 2 rings (SSSR count). The molecular weight excluding hydrogens is 222 g/mol. The fraction of sp³-hybridized carbons (Fsp3) is 0.750. The minimum atomic E-state index is 0.236. The van der Waals surface area contributed by atoms with Crippen molar-refractivity contribution < 1.29 is 5.11 Å². The van der Waals surface area contributed by atoms with E-state index in [0.29, 0.717) is 5.92 Å². The second-order valence-electron chi connectivity index (χ2n) is 5.87. The van der Waals surface area contributed by atoms with Crippen LogP contribution in [0.3, 0.4) is 0 Å². The van der Waals surface area contributed by atoms with Gasteiger partial charge in [-0.25, -0.2) is 0 Å². The summed E-state index contributed by atoms with van der Waals surface area (Å²) in [6, 6.07) is 0.725. The van der Waals surface area contributed by atoms with Gasteiger partial charge in [0.2, 0.25) is 0 Å². The van der Waals surface area contributed by atoms with Crippen LogP contribution in [0.5, 0.6) is 0 Å². The molecule has 0 saturated heterocycles. The molecule has 0 bridgehead atoms. The maximum Gasteiger partial charge on any atom is 0.0641 e. The Morgan fingerprint density at radius 1 is 1.28 bits per heavy atom. The summed E-state index contributed by atoms with van der Waals surface area (Å²) < 4.78 is 0. The van der Waals surface area contributed by atoms with E-state index in [2.05, 4.69) is 18.0 Å². The predicted octanol–water partition coefficient (Wildman–Crippen LogP) is 3.18. The van der Waals surface area contributed by atoms with Gasteiger partial charge in [-0.3, -0.25) is 0 Å². The molecule has 1 saturated carbocycles. The lowest BCUT2D eigenvalue weighted by Crippen LogP contribution is -2.33. The normalized spacial score (nSPS) is 25.8. The number of aliphatic hydroxyl groups is 1. The SMILES string of the molecule is C=C(CNC1CCCCC1)[C@@H]1CC=C(CO)CC1. The highest BCUT2D eigenvalue weighted by molar-refractivity contribution is 5.14. The fourth-order valence-corrected chi connectivity index (χ4v) is 3.13. The number of aliphatic hydroxyl groups excluding tert-OH is 1. The number of hydrogen-bond donors (Lipinski definition) is 2. The van der Waals surface area contributed by atoms with Crippen molar-refractivity contribution >= 4 is 0 Å². The van der Waals surface area contributed by atoms with Gasteiger partial charge in [-0.05, 0) is 43.6 Å². The summed E-state index contributed by atoms with van der Waals surface area (Å²) in [4.78, 5) is 0. The lowest BCUT2D eigenvalue weighted by Gasteiger charge is -2.27. The number of rotatable bonds is 5. The fourth-order valence-electron chi connectivity index (χ4n) is 3.13. The van der Waals surface area contributed by atoms with Crippen molar-refractivity contribution in [3.05, 3.63) is 23.8 Å². The standard InChI is InChI=1S/C16H27NO/c1-13(11-17-16-5-3-2-4-6-16)15-9-7-14(12-18)8-10-15/h7,15-18H,1-6,8-12H2/t15-/m1/s1. The van der Waals surface area contributed by atoms with Crippen molar-refractivity contribution in [2.45, 2.75) is 57.4 Å². The van der Waals surface area contributed by atoms with Crippen LogP contribution >= 0.6 is 0 Å². The van der Waals surface area contributed by atoms with Gasteiger partial charge in [0.15, 0.2) is 0 Å². The van der Waals surface area contributed by atoms with E-state index < -0.39 is 0 Å². The first-order valence-electron chi connectivity index (χ1n) is 7.49. The Balaban J connectivity index is 1.70. The van der Waals surface area contributed by atoms with Crippen LogP contribution in [0.4, 0.5) is 0 Å². The lowest BCUT2D eigenvalue weighted by atomic mass is 9.85. The molecule has 1 atom stereocenters. The summed E-state index contributed by atoms with van der Waals surface area (Å²) in [5, 5.41) is 12.8. The van der Waals surface area contributed by atoms with Crippen LogP contribution in [0.1, 0.15) is 51.4 Å². The Labute approximate surface area is 111 Å². The van der Waals surface area contributed by atoms with Crippen molar-refractivity contribution in [2.75, 3.05) is 13.2 Å². The number of allylic oxidation sites excluding steroid dienone is 1. The summed E-state index contributed by atoms with van der Waals surface area (Å²) in [5.74, 6) is 0.622. The Morgan fingerprint density at radius 2 is 2.06 bits per heavy atom. The van der Waals surface area contributed by atoms with E-state index in [-0.39, 0.29) is 6.61 Å². The van der Waals surface area contributed by atoms with Gasteiger partial charge < -0.3 is 10.4 Å². The van der Waals surface area contributed by atoms with Crippen molar-refractivity contribution in [3.63, 3.8) is 0 Å². The highest BCUT2D eigenvalue weighted by atomic mass is 16.3. The molecule has 0 aromatic heterocycles. The summed E-state index contributed by atoms with van der Waals surface area (Å²) in [7, 11) is 0. The van der Waals surface area contributed by atoms with E-state index in [4.69, 9.17) is 5.11 Å². The summed E-state index contributed by atoms with van der Waals surface area (Å²) in [5.41, 5.74) is 2.56. The molecule has 18 heavy (non-hydrogen) atoms. The second kappa shape index (κ2) is 7.10. The van der Waals surface area contributed by atoms with E-state index in [0.717, 1.165) is 31.8 Å². The summed E-state index contributed by atoms with van der Waals surface area (Å²) >= 11 is 0. The molecule has 0 aliphatic heterocycles. The third-order valence-corrected chi connectivity index (χ3v) is 4.51. The second-order valence-corrected chi connectivity index (χ2v) is 5.87. The van der Waals surface area contributed by atoms with Crippen molar-refractivity contribution in [2.24, 2.45) is 5.92 Å². The van der Waals surface area contributed by atoms with Crippen molar-refractivity contribution in [1.29, 1.82) is 0 Å². The van der Waals surface area contributed by atoms with Gasteiger partial charge in [-0.15, -0.1) is 0 Å². The molecule has 2 nitrogen and oxygen atoms in total. The van der Waals surface area contributed by atoms with Gasteiger partial charge in [-0.2, -0.15) is 0 Å². The third kappa shape index (κ3) is 3.96. The summed E-state index contributed by atoms with van der Waals surface area (Å²) in [6.45, 7) is 5.48. The first-order chi connectivity index (χ1) is 8.79. The zero-order valence-corrected chi connectivity index (χ0v) is 11.5. The number of hydrogen-bond acceptors (Lipinski definition) is 2. The molecule has 2 aliphatic carbocycles. The Kier molecular flexibility index (Phi) is 5.45. The van der Waals surface area contributed by atoms with E-state index >= 15 is 0 Å². The zero-order chi connectivity index (χ0) is 12.8. The quantitative estimate of drug-likeness (QED) is 0.733. The van der Waals surface area contributed by atoms with Crippen molar-refractivity contribution in [1.82, 2.24) is 5.32 Å². The highest BCUT2D eigenvalue weighted by Crippen LogP contribution is 2.28. The molecule has 0 heterocycles. The molecule has 2 heteroatoms. The van der Waals surface area contributed by atoms with Gasteiger partial charge in [0, 0.05) is 12.6 Å².